The van der Waals surface area contributed by atoms with Crippen LogP contribution in [-0.4, -0.2) is 63.5 Å². The van der Waals surface area contributed by atoms with Crippen molar-refractivity contribution >= 4 is 29.8 Å². The van der Waals surface area contributed by atoms with Crippen molar-refractivity contribution in [3.8, 4) is 0 Å². The summed E-state index contributed by atoms with van der Waals surface area (Å²) in [6, 6.07) is 11.3. The number of aryl methyl sites for hydroxylation is 2. The van der Waals surface area contributed by atoms with Gasteiger partial charge in [0, 0.05) is 18.4 Å². The molecule has 11 nitrogen and oxygen atoms in total. The Morgan fingerprint density at radius 2 is 1.41 bits per heavy atom. The monoisotopic (exact) mass is 680 g/mol. The van der Waals surface area contributed by atoms with Crippen molar-refractivity contribution in [3.63, 3.8) is 0 Å². The van der Waals surface area contributed by atoms with Crippen LogP contribution in [0.25, 0.3) is 0 Å². The van der Waals surface area contributed by atoms with Gasteiger partial charge in [-0.05, 0) is 98.8 Å². The molecule has 2 rings (SSSR count). The van der Waals surface area contributed by atoms with Gasteiger partial charge in [-0.2, -0.15) is 0 Å². The number of rotatable bonds is 14. The summed E-state index contributed by atoms with van der Waals surface area (Å²) in [5.74, 6) is -2.50. The number of hydrogen-bond donors (Lipinski definition) is 3. The quantitative estimate of drug-likeness (QED) is 0.220. The fourth-order valence-corrected chi connectivity index (χ4v) is 5.23. The van der Waals surface area contributed by atoms with Gasteiger partial charge in [0.2, 0.25) is 17.7 Å². The lowest BCUT2D eigenvalue weighted by molar-refractivity contribution is -0.159. The van der Waals surface area contributed by atoms with E-state index in [1.54, 1.807) is 41.5 Å². The van der Waals surface area contributed by atoms with Gasteiger partial charge in [0.25, 0.3) is 0 Å². The lowest BCUT2D eigenvalue weighted by atomic mass is 9.89. The van der Waals surface area contributed by atoms with E-state index in [0.717, 1.165) is 16.7 Å². The number of hydrogen-bond acceptors (Lipinski definition) is 7. The zero-order chi connectivity index (χ0) is 37.3. The second kappa shape index (κ2) is 16.8. The van der Waals surface area contributed by atoms with Crippen LogP contribution in [0.3, 0.4) is 0 Å². The minimum Gasteiger partial charge on any atom is -0.458 e. The van der Waals surface area contributed by atoms with Crippen LogP contribution in [0.2, 0.25) is 0 Å². The molecule has 3 unspecified atom stereocenters. The maximum atomic E-state index is 14.8. The first kappa shape index (κ1) is 40.8. The van der Waals surface area contributed by atoms with E-state index in [-0.39, 0.29) is 19.3 Å². The Kier molecular flexibility index (Phi) is 14.0. The smallest absolute Gasteiger partial charge is 0.408 e. The molecule has 4 N–H and O–H groups in total. The molecule has 0 saturated carbocycles. The van der Waals surface area contributed by atoms with Crippen molar-refractivity contribution in [1.82, 2.24) is 15.5 Å². The summed E-state index contributed by atoms with van der Waals surface area (Å²) in [6.45, 7) is 19.6. The van der Waals surface area contributed by atoms with Gasteiger partial charge in [0.05, 0.1) is 0 Å². The van der Waals surface area contributed by atoms with Gasteiger partial charge in [0.15, 0.2) is 0 Å². The zero-order valence-electron chi connectivity index (χ0n) is 31.1. The molecule has 270 valence electrons. The minimum absolute atomic E-state index is 0.126. The van der Waals surface area contributed by atoms with Crippen molar-refractivity contribution in [1.29, 1.82) is 0 Å². The lowest BCUT2D eigenvalue weighted by Crippen LogP contribution is -2.60. The fourth-order valence-electron chi connectivity index (χ4n) is 5.23. The van der Waals surface area contributed by atoms with E-state index in [4.69, 9.17) is 15.2 Å². The molecule has 3 atom stereocenters. The van der Waals surface area contributed by atoms with E-state index >= 15 is 0 Å². The average molecular weight is 681 g/mol. The lowest BCUT2D eigenvalue weighted by Gasteiger charge is -2.45. The first-order chi connectivity index (χ1) is 22.5. The van der Waals surface area contributed by atoms with Gasteiger partial charge < -0.3 is 30.7 Å². The minimum atomic E-state index is -1.26. The maximum Gasteiger partial charge on any atom is 0.408 e. The molecule has 0 radical (unpaired) electrons. The first-order valence-electron chi connectivity index (χ1n) is 16.8. The normalized spacial score (nSPS) is 13.8. The summed E-state index contributed by atoms with van der Waals surface area (Å²) in [5.41, 5.74) is 5.76. The average Bonchev–Trinajstić information content (AvgIpc) is 2.97. The van der Waals surface area contributed by atoms with E-state index in [0.29, 0.717) is 12.0 Å². The van der Waals surface area contributed by atoms with Gasteiger partial charge in [-0.3, -0.25) is 14.4 Å². The summed E-state index contributed by atoms with van der Waals surface area (Å²) in [5, 5.41) is 5.56. The van der Waals surface area contributed by atoms with Crippen LogP contribution in [0, 0.1) is 13.8 Å². The summed E-state index contributed by atoms with van der Waals surface area (Å²) >= 11 is 0. The molecule has 2 aromatic rings. The molecule has 4 amide bonds. The van der Waals surface area contributed by atoms with Gasteiger partial charge in [0.1, 0.15) is 29.3 Å². The molecule has 0 fully saturated rings. The van der Waals surface area contributed by atoms with Crippen molar-refractivity contribution in [2.45, 2.75) is 137 Å². The van der Waals surface area contributed by atoms with Crippen molar-refractivity contribution < 1.29 is 33.4 Å². The fraction of sp³-hybridized carbons (Fsp3) is 0.553. The van der Waals surface area contributed by atoms with Crippen molar-refractivity contribution in [2.24, 2.45) is 5.73 Å². The number of primary amides is 1. The number of benzene rings is 2. The molecule has 0 saturated heterocycles. The molecule has 0 spiro atoms. The molecular formula is C38H56N4O7. The summed E-state index contributed by atoms with van der Waals surface area (Å²) in [6.07, 6.45) is -0.621. The third-order valence-electron chi connectivity index (χ3n) is 7.95. The predicted octanol–water partition coefficient (Wildman–Crippen LogP) is 5.59. The Labute approximate surface area is 291 Å². The largest absolute Gasteiger partial charge is 0.458 e. The molecule has 0 aromatic heterocycles. The number of nitrogens with zero attached hydrogens (tertiary/aromatic N) is 1. The van der Waals surface area contributed by atoms with Crippen LogP contribution in [0.5, 0.6) is 0 Å². The summed E-state index contributed by atoms with van der Waals surface area (Å²) in [7, 11) is 0. The Bertz CT molecular complexity index is 1480. The van der Waals surface area contributed by atoms with Crippen LogP contribution in [0.4, 0.5) is 4.79 Å². The van der Waals surface area contributed by atoms with Gasteiger partial charge in [-0.25, -0.2) is 9.59 Å². The highest BCUT2D eigenvalue weighted by Gasteiger charge is 2.44. The molecule has 0 heterocycles. The molecule has 2 aromatic carbocycles. The molecule has 11 heteroatoms. The van der Waals surface area contributed by atoms with E-state index in [1.807, 2.05) is 83.1 Å². The summed E-state index contributed by atoms with van der Waals surface area (Å²) in [4.78, 5) is 69.5. The number of carbonyl (C=O) groups excluding carboxylic acids is 5. The van der Waals surface area contributed by atoms with E-state index in [2.05, 4.69) is 10.6 Å². The Morgan fingerprint density at radius 1 is 0.816 bits per heavy atom. The number of ether oxygens (including phenoxy) is 2. The Morgan fingerprint density at radius 3 is 1.94 bits per heavy atom. The molecule has 49 heavy (non-hydrogen) atoms. The topological polar surface area (TPSA) is 157 Å². The van der Waals surface area contributed by atoms with Crippen LogP contribution < -0.4 is 16.4 Å². The highest BCUT2D eigenvalue weighted by atomic mass is 16.6. The number of alkyl carbamates (subject to hydrolysis) is 1. The van der Waals surface area contributed by atoms with Crippen molar-refractivity contribution in [2.75, 3.05) is 0 Å². The second-order valence-corrected chi connectivity index (χ2v) is 15.1. The van der Waals surface area contributed by atoms with Crippen LogP contribution in [-0.2, 0) is 35.1 Å². The third kappa shape index (κ3) is 12.9. The van der Waals surface area contributed by atoms with Crippen LogP contribution in [0.1, 0.15) is 110 Å². The Hall–Kier alpha value is -4.41. The molecule has 0 bridgehead atoms. The predicted molar refractivity (Wildman–Crippen MR) is 189 cm³/mol. The first-order valence-corrected chi connectivity index (χ1v) is 16.8. The van der Waals surface area contributed by atoms with E-state index < -0.39 is 64.7 Å². The number of esters is 1. The number of nitrogens with one attached hydrogen (secondary N) is 2. The third-order valence-corrected chi connectivity index (χ3v) is 7.95. The summed E-state index contributed by atoms with van der Waals surface area (Å²) < 4.78 is 11.2. The zero-order valence-corrected chi connectivity index (χ0v) is 31.1. The number of nitrogens with two attached hydrogens (primary N) is 1. The highest BCUT2D eigenvalue weighted by Crippen LogP contribution is 2.35. The standard InChI is InChI=1S/C38H56N4O7/c1-12-38(10,11)42(33(45)28(20-21-30(39)43)41-35(47)49-37(7,8)9)31(27-22-24(2)18-19-25(27)3)32(44)40-29(34(46)48-36(4,5)6)23-26-16-14-13-15-17-26/h13-19,22,28-29,31H,12,20-21,23H2,1-11H3,(H2,39,43)(H,40,44)(H,41,47). The maximum absolute atomic E-state index is 14.8. The van der Waals surface area contributed by atoms with Gasteiger partial charge >= 0.3 is 12.1 Å². The van der Waals surface area contributed by atoms with Gasteiger partial charge in [-0.1, -0.05) is 61.0 Å². The molecule has 0 aliphatic rings. The molecular weight excluding hydrogens is 624 g/mol. The number of amides is 4. The van der Waals surface area contributed by atoms with Crippen molar-refractivity contribution in [3.05, 3.63) is 70.8 Å². The molecule has 0 aliphatic carbocycles. The SMILES string of the molecule is CCC(C)(C)N(C(=O)C(CCC(N)=O)NC(=O)OC(C)(C)C)C(C(=O)NC(Cc1ccccc1)C(=O)OC(C)(C)C)c1cc(C)ccc1C. The Balaban J connectivity index is 2.77. The molecule has 0 aliphatic heterocycles. The highest BCUT2D eigenvalue weighted by molar-refractivity contribution is 5.95. The number of carbonyl (C=O) groups is 5. The van der Waals surface area contributed by atoms with Crippen LogP contribution >= 0.6 is 0 Å². The second-order valence-electron chi connectivity index (χ2n) is 15.1. The van der Waals surface area contributed by atoms with E-state index in [1.165, 1.54) is 4.90 Å². The van der Waals surface area contributed by atoms with Gasteiger partial charge in [-0.15, -0.1) is 0 Å². The van der Waals surface area contributed by atoms with E-state index in [9.17, 15) is 24.0 Å². The van der Waals surface area contributed by atoms with Crippen LogP contribution in [0.15, 0.2) is 48.5 Å².